The topological polar surface area (TPSA) is 55.1 Å². The van der Waals surface area contributed by atoms with Gasteiger partial charge in [-0.25, -0.2) is 9.50 Å². The van der Waals surface area contributed by atoms with Crippen molar-refractivity contribution in [1.29, 1.82) is 0 Å². The molecule has 0 radical (unpaired) electrons. The van der Waals surface area contributed by atoms with Gasteiger partial charge in [-0.2, -0.15) is 5.10 Å². The molecule has 1 fully saturated rings. The van der Waals surface area contributed by atoms with Gasteiger partial charge in [0.2, 0.25) is 0 Å². The Morgan fingerprint density at radius 3 is 2.76 bits per heavy atom. The zero-order valence-electron chi connectivity index (χ0n) is 14.2. The zero-order valence-corrected chi connectivity index (χ0v) is 15.9. The van der Waals surface area contributed by atoms with Crippen LogP contribution in [0, 0.1) is 13.8 Å². The summed E-state index contributed by atoms with van der Waals surface area (Å²) in [5.41, 5.74) is 3.97. The summed E-state index contributed by atoms with van der Waals surface area (Å²) in [6, 6.07) is 4.45. The Kier molecular flexibility index (Phi) is 3.62. The quantitative estimate of drug-likeness (QED) is 0.577. The molecule has 0 aromatic carbocycles. The van der Waals surface area contributed by atoms with Crippen molar-refractivity contribution in [2.75, 3.05) is 13.1 Å². The fourth-order valence-electron chi connectivity index (χ4n) is 3.56. The predicted molar refractivity (Wildman–Crippen MR) is 104 cm³/mol. The van der Waals surface area contributed by atoms with Crippen molar-refractivity contribution >= 4 is 37.7 Å². The molecule has 1 aliphatic rings. The molecule has 5 nitrogen and oxygen atoms in total. The Morgan fingerprint density at radius 1 is 1.12 bits per heavy atom. The van der Waals surface area contributed by atoms with Gasteiger partial charge in [-0.3, -0.25) is 4.98 Å². The highest BCUT2D eigenvalue weighted by molar-refractivity contribution is 7.28. The summed E-state index contributed by atoms with van der Waals surface area (Å²) >= 11 is 3.60. The molecule has 1 N–H and O–H groups in total. The van der Waals surface area contributed by atoms with Gasteiger partial charge in [0.1, 0.15) is 15.5 Å². The third-order valence-corrected chi connectivity index (χ3v) is 7.17. The first-order chi connectivity index (χ1) is 12.2. The van der Waals surface area contributed by atoms with Gasteiger partial charge in [0.15, 0.2) is 0 Å². The van der Waals surface area contributed by atoms with Crippen LogP contribution in [0.15, 0.2) is 18.3 Å². The highest BCUT2D eigenvalue weighted by Crippen LogP contribution is 2.39. The number of thiazole rings is 1. The van der Waals surface area contributed by atoms with E-state index in [0.717, 1.165) is 45.5 Å². The second-order valence-corrected chi connectivity index (χ2v) is 8.78. The van der Waals surface area contributed by atoms with Gasteiger partial charge in [-0.1, -0.05) is 0 Å². The Bertz CT molecular complexity index is 1040. The maximum absolute atomic E-state index is 4.87. The van der Waals surface area contributed by atoms with Gasteiger partial charge in [0, 0.05) is 4.88 Å². The predicted octanol–water partition coefficient (Wildman–Crippen LogP) is 4.15. The van der Waals surface area contributed by atoms with Crippen LogP contribution in [0.25, 0.3) is 25.7 Å². The number of fused-ring (bicyclic) bond motifs is 2. The summed E-state index contributed by atoms with van der Waals surface area (Å²) in [6.45, 7) is 6.28. The average molecular weight is 370 g/mol. The van der Waals surface area contributed by atoms with Crippen molar-refractivity contribution in [3.8, 4) is 10.7 Å². The molecule has 0 spiro atoms. The molecular formula is C18H19N5S2. The Balaban J connectivity index is 1.52. The third kappa shape index (κ3) is 2.67. The summed E-state index contributed by atoms with van der Waals surface area (Å²) in [6.07, 6.45) is 4.44. The highest BCUT2D eigenvalue weighted by Gasteiger charge is 2.20. The molecule has 0 atom stereocenters. The van der Waals surface area contributed by atoms with Crippen molar-refractivity contribution in [2.24, 2.45) is 0 Å². The van der Waals surface area contributed by atoms with Crippen LogP contribution < -0.4 is 5.32 Å². The van der Waals surface area contributed by atoms with E-state index in [1.807, 2.05) is 35.9 Å². The number of rotatable bonds is 2. The maximum Gasteiger partial charge on any atom is 0.146 e. The lowest BCUT2D eigenvalue weighted by atomic mass is 9.97. The van der Waals surface area contributed by atoms with E-state index < -0.39 is 0 Å². The van der Waals surface area contributed by atoms with E-state index in [9.17, 15) is 0 Å². The fourth-order valence-corrected chi connectivity index (χ4v) is 5.91. The molecule has 5 rings (SSSR count). The molecule has 4 aromatic rings. The monoisotopic (exact) mass is 369 g/mol. The first kappa shape index (κ1) is 15.4. The van der Waals surface area contributed by atoms with Crippen LogP contribution in [-0.2, 0) is 0 Å². The van der Waals surface area contributed by atoms with Crippen LogP contribution in [0.4, 0.5) is 0 Å². The lowest BCUT2D eigenvalue weighted by Gasteiger charge is -2.21. The summed E-state index contributed by atoms with van der Waals surface area (Å²) < 4.78 is 3.21. The fraction of sp³-hybridized carbons (Fsp3) is 0.389. The van der Waals surface area contributed by atoms with Gasteiger partial charge in [-0.15, -0.1) is 22.7 Å². The number of hydrogen-bond donors (Lipinski definition) is 1. The van der Waals surface area contributed by atoms with Crippen LogP contribution in [0.3, 0.4) is 0 Å². The summed E-state index contributed by atoms with van der Waals surface area (Å²) in [5.74, 6) is 0.697. The van der Waals surface area contributed by atoms with E-state index in [-0.39, 0.29) is 0 Å². The van der Waals surface area contributed by atoms with E-state index in [4.69, 9.17) is 10.1 Å². The van der Waals surface area contributed by atoms with Crippen molar-refractivity contribution in [2.45, 2.75) is 32.6 Å². The zero-order chi connectivity index (χ0) is 17.0. The van der Waals surface area contributed by atoms with E-state index >= 15 is 0 Å². The summed E-state index contributed by atoms with van der Waals surface area (Å²) in [4.78, 5) is 12.0. The summed E-state index contributed by atoms with van der Waals surface area (Å²) in [7, 11) is 0. The van der Waals surface area contributed by atoms with E-state index in [2.05, 4.69) is 22.4 Å². The van der Waals surface area contributed by atoms with Gasteiger partial charge < -0.3 is 5.32 Å². The van der Waals surface area contributed by atoms with Gasteiger partial charge in [0.25, 0.3) is 0 Å². The molecule has 0 aliphatic carbocycles. The van der Waals surface area contributed by atoms with Crippen LogP contribution in [0.5, 0.6) is 0 Å². The van der Waals surface area contributed by atoms with Crippen LogP contribution >= 0.6 is 22.7 Å². The van der Waals surface area contributed by atoms with Crippen molar-refractivity contribution in [3.63, 3.8) is 0 Å². The molecule has 25 heavy (non-hydrogen) atoms. The molecule has 7 heteroatoms. The Hall–Kier alpha value is -1.83. The number of nitrogens with one attached hydrogen (secondary N) is 1. The van der Waals surface area contributed by atoms with Crippen molar-refractivity contribution < 1.29 is 0 Å². The summed E-state index contributed by atoms with van der Waals surface area (Å²) in [5, 5.41) is 9.15. The van der Waals surface area contributed by atoms with Crippen LogP contribution in [-0.4, -0.2) is 32.7 Å². The first-order valence-corrected chi connectivity index (χ1v) is 10.3. The Labute approximate surface area is 153 Å². The third-order valence-electron chi connectivity index (χ3n) is 4.83. The minimum absolute atomic E-state index is 0.697. The molecule has 0 unspecified atom stereocenters. The first-order valence-electron chi connectivity index (χ1n) is 8.62. The maximum atomic E-state index is 4.87. The molecule has 1 saturated heterocycles. The standard InChI is InChI=1S/C18H19N5S2/c1-10-9-23-14(11(2)20-10)7-13(22-23)17-21-18-16(25-17)8-15(24-18)12-3-5-19-6-4-12/h7-9,12,19H,3-6H2,1-2H3. The molecule has 1 aliphatic heterocycles. The van der Waals surface area contributed by atoms with Crippen LogP contribution in [0.1, 0.15) is 35.0 Å². The normalized spacial score (nSPS) is 16.2. The van der Waals surface area contributed by atoms with Crippen molar-refractivity contribution in [3.05, 3.63) is 34.6 Å². The number of aryl methyl sites for hydroxylation is 2. The second-order valence-electron chi connectivity index (χ2n) is 6.69. The van der Waals surface area contributed by atoms with E-state index in [0.29, 0.717) is 5.92 Å². The smallest absolute Gasteiger partial charge is 0.146 e. The molecule has 5 heterocycles. The lowest BCUT2D eigenvalue weighted by molar-refractivity contribution is 0.465. The molecule has 0 amide bonds. The lowest BCUT2D eigenvalue weighted by Crippen LogP contribution is -2.26. The number of nitrogens with zero attached hydrogens (tertiary/aromatic N) is 4. The molecular weight excluding hydrogens is 350 g/mol. The van der Waals surface area contributed by atoms with Crippen molar-refractivity contribution in [1.82, 2.24) is 24.9 Å². The van der Waals surface area contributed by atoms with Gasteiger partial charge >= 0.3 is 0 Å². The van der Waals surface area contributed by atoms with Gasteiger partial charge in [0.05, 0.1) is 27.8 Å². The minimum Gasteiger partial charge on any atom is -0.317 e. The largest absolute Gasteiger partial charge is 0.317 e. The molecule has 4 aromatic heterocycles. The van der Waals surface area contributed by atoms with Crippen LogP contribution in [0.2, 0.25) is 0 Å². The minimum atomic E-state index is 0.697. The number of thiophene rings is 1. The average Bonchev–Trinajstić information content (AvgIpc) is 3.27. The number of hydrogen-bond acceptors (Lipinski definition) is 6. The van der Waals surface area contributed by atoms with Gasteiger partial charge in [-0.05, 0) is 57.8 Å². The van der Waals surface area contributed by atoms with E-state index in [1.165, 1.54) is 22.4 Å². The SMILES string of the molecule is Cc1cn2nc(-c3nc4sc(C5CCNCC5)cc4s3)cc2c(C)n1. The van der Waals surface area contributed by atoms with E-state index in [1.54, 1.807) is 11.3 Å². The Morgan fingerprint density at radius 2 is 1.96 bits per heavy atom. The highest BCUT2D eigenvalue weighted by atomic mass is 32.1. The second kappa shape index (κ2) is 5.86. The molecule has 0 saturated carbocycles. The molecule has 128 valence electrons. The number of aromatic nitrogens is 4. The number of piperidine rings is 1. The molecule has 0 bridgehead atoms.